The standard InChI is InChI=1S/C31H34FN3O4S/c32-26-15-11-24(12-16-26)20-34(30(36)22-40-21-25-13-17-28(18-14-25)35(38)39)29(19-23-7-3-1-4-8-23)31(37)33-27-9-5-2-6-10-27/h1,3-4,7-8,11-18,27,29H,2,5-6,9-10,19-22H2,(H,33,37). The average molecular weight is 564 g/mol. The summed E-state index contributed by atoms with van der Waals surface area (Å²) < 4.78 is 13.6. The van der Waals surface area contributed by atoms with E-state index in [0.29, 0.717) is 12.2 Å². The summed E-state index contributed by atoms with van der Waals surface area (Å²) in [7, 11) is 0. The van der Waals surface area contributed by atoms with Crippen LogP contribution in [0.25, 0.3) is 0 Å². The minimum absolute atomic E-state index is 0.0167. The number of thioether (sulfide) groups is 1. The van der Waals surface area contributed by atoms with Gasteiger partial charge in [0.15, 0.2) is 0 Å². The Labute approximate surface area is 238 Å². The van der Waals surface area contributed by atoms with Crippen LogP contribution in [-0.4, -0.2) is 39.5 Å². The van der Waals surface area contributed by atoms with Gasteiger partial charge in [-0.2, -0.15) is 0 Å². The predicted molar refractivity (Wildman–Crippen MR) is 155 cm³/mol. The third kappa shape index (κ3) is 8.64. The number of benzene rings is 3. The maximum absolute atomic E-state index is 13.8. The van der Waals surface area contributed by atoms with Crippen LogP contribution in [0.2, 0.25) is 0 Å². The minimum atomic E-state index is -0.734. The van der Waals surface area contributed by atoms with Crippen LogP contribution < -0.4 is 5.32 Å². The molecule has 0 aliphatic heterocycles. The number of nitro groups is 1. The van der Waals surface area contributed by atoms with Crippen molar-refractivity contribution in [3.8, 4) is 0 Å². The van der Waals surface area contributed by atoms with E-state index in [0.717, 1.165) is 42.4 Å². The second-order valence-corrected chi connectivity index (χ2v) is 11.1. The molecule has 0 saturated heterocycles. The lowest BCUT2D eigenvalue weighted by atomic mass is 9.94. The molecule has 1 atom stereocenters. The highest BCUT2D eigenvalue weighted by molar-refractivity contribution is 7.99. The highest BCUT2D eigenvalue weighted by atomic mass is 32.2. The summed E-state index contributed by atoms with van der Waals surface area (Å²) in [6.45, 7) is 0.173. The van der Waals surface area contributed by atoms with Crippen molar-refractivity contribution < 1.29 is 18.9 Å². The molecule has 0 heterocycles. The average Bonchev–Trinajstić information content (AvgIpc) is 2.97. The van der Waals surface area contributed by atoms with Crippen LogP contribution in [0.15, 0.2) is 78.9 Å². The number of nitrogens with one attached hydrogen (secondary N) is 1. The number of amides is 2. The summed E-state index contributed by atoms with van der Waals surface area (Å²) in [5.74, 6) is -0.120. The SMILES string of the molecule is O=C(NC1CCCCC1)C(Cc1ccccc1)N(Cc1ccc(F)cc1)C(=O)CSCc1ccc([N+](=O)[O-])cc1. The summed E-state index contributed by atoms with van der Waals surface area (Å²) in [5, 5.41) is 14.1. The van der Waals surface area contributed by atoms with E-state index < -0.39 is 11.0 Å². The van der Waals surface area contributed by atoms with Crippen LogP contribution in [0.4, 0.5) is 10.1 Å². The zero-order valence-corrected chi connectivity index (χ0v) is 23.2. The molecule has 0 bridgehead atoms. The van der Waals surface area contributed by atoms with E-state index in [1.54, 1.807) is 29.2 Å². The smallest absolute Gasteiger partial charge is 0.269 e. The number of rotatable bonds is 12. The molecule has 3 aromatic carbocycles. The second kappa shape index (κ2) is 14.6. The molecule has 3 aromatic rings. The number of nitro benzene ring substituents is 1. The Morgan fingerprint density at radius 3 is 2.23 bits per heavy atom. The topological polar surface area (TPSA) is 92.6 Å². The van der Waals surface area contributed by atoms with Crippen molar-refractivity contribution in [2.45, 2.75) is 62.9 Å². The Morgan fingerprint density at radius 1 is 0.925 bits per heavy atom. The van der Waals surface area contributed by atoms with Crippen LogP contribution in [0.5, 0.6) is 0 Å². The van der Waals surface area contributed by atoms with Gasteiger partial charge in [-0.25, -0.2) is 4.39 Å². The van der Waals surface area contributed by atoms with Crippen molar-refractivity contribution in [1.29, 1.82) is 0 Å². The van der Waals surface area contributed by atoms with Gasteiger partial charge in [-0.1, -0.05) is 73.9 Å². The largest absolute Gasteiger partial charge is 0.352 e. The minimum Gasteiger partial charge on any atom is -0.352 e. The zero-order valence-electron chi connectivity index (χ0n) is 22.3. The lowest BCUT2D eigenvalue weighted by Crippen LogP contribution is -2.53. The fraction of sp³-hybridized carbons (Fsp3) is 0.355. The van der Waals surface area contributed by atoms with Crippen molar-refractivity contribution >= 4 is 29.3 Å². The molecule has 2 amide bonds. The zero-order chi connectivity index (χ0) is 28.3. The van der Waals surface area contributed by atoms with Crippen LogP contribution in [0.3, 0.4) is 0 Å². The van der Waals surface area contributed by atoms with E-state index in [4.69, 9.17) is 0 Å². The highest BCUT2D eigenvalue weighted by Gasteiger charge is 2.31. The van der Waals surface area contributed by atoms with E-state index in [2.05, 4.69) is 5.32 Å². The molecule has 1 fully saturated rings. The van der Waals surface area contributed by atoms with Gasteiger partial charge < -0.3 is 10.2 Å². The van der Waals surface area contributed by atoms with Gasteiger partial charge in [0.25, 0.3) is 5.69 Å². The number of hydrogen-bond donors (Lipinski definition) is 1. The summed E-state index contributed by atoms with van der Waals surface area (Å²) in [5.41, 5.74) is 2.56. The highest BCUT2D eigenvalue weighted by Crippen LogP contribution is 2.22. The van der Waals surface area contributed by atoms with E-state index >= 15 is 0 Å². The lowest BCUT2D eigenvalue weighted by Gasteiger charge is -2.33. The Bertz CT molecular complexity index is 1270. The first-order valence-corrected chi connectivity index (χ1v) is 14.7. The third-order valence-electron chi connectivity index (χ3n) is 7.13. The Balaban J connectivity index is 1.54. The molecule has 0 aromatic heterocycles. The van der Waals surface area contributed by atoms with Crippen LogP contribution in [0, 0.1) is 15.9 Å². The summed E-state index contributed by atoms with van der Waals surface area (Å²) in [6.07, 6.45) is 5.54. The molecule has 9 heteroatoms. The molecule has 1 unspecified atom stereocenters. The molecule has 0 spiro atoms. The first-order chi connectivity index (χ1) is 19.4. The number of hydrogen-bond acceptors (Lipinski definition) is 5. The number of non-ortho nitro benzene ring substituents is 1. The first kappa shape index (κ1) is 29.3. The fourth-order valence-corrected chi connectivity index (χ4v) is 5.81. The van der Waals surface area contributed by atoms with Gasteiger partial charge in [0.05, 0.1) is 10.7 Å². The number of carbonyl (C=O) groups excluding carboxylic acids is 2. The second-order valence-electron chi connectivity index (χ2n) is 10.1. The Morgan fingerprint density at radius 2 is 1.57 bits per heavy atom. The molecule has 1 saturated carbocycles. The Kier molecular flexibility index (Phi) is 10.7. The maximum atomic E-state index is 13.8. The first-order valence-electron chi connectivity index (χ1n) is 13.6. The van der Waals surface area contributed by atoms with Crippen molar-refractivity contribution in [1.82, 2.24) is 10.2 Å². The molecular weight excluding hydrogens is 529 g/mol. The van der Waals surface area contributed by atoms with Crippen molar-refractivity contribution in [3.63, 3.8) is 0 Å². The normalized spacial score (nSPS) is 14.3. The molecule has 210 valence electrons. The van der Waals surface area contributed by atoms with E-state index in [1.165, 1.54) is 42.4 Å². The van der Waals surface area contributed by atoms with E-state index in [1.807, 2.05) is 30.3 Å². The summed E-state index contributed by atoms with van der Waals surface area (Å²) in [4.78, 5) is 39.6. The molecule has 1 N–H and O–H groups in total. The predicted octanol–water partition coefficient (Wildman–Crippen LogP) is 6.06. The monoisotopic (exact) mass is 563 g/mol. The Hall–Kier alpha value is -3.72. The van der Waals surface area contributed by atoms with Crippen LogP contribution in [0.1, 0.15) is 48.8 Å². The third-order valence-corrected chi connectivity index (χ3v) is 8.12. The van der Waals surface area contributed by atoms with Gasteiger partial charge >= 0.3 is 0 Å². The molecular formula is C31H34FN3O4S. The number of carbonyl (C=O) groups is 2. The molecule has 1 aliphatic rings. The van der Waals surface area contributed by atoms with Crippen molar-refractivity contribution in [2.24, 2.45) is 0 Å². The number of halogens is 1. The van der Waals surface area contributed by atoms with Gasteiger partial charge in [-0.15, -0.1) is 11.8 Å². The quantitative estimate of drug-likeness (QED) is 0.214. The van der Waals surface area contributed by atoms with Gasteiger partial charge in [0, 0.05) is 36.9 Å². The summed E-state index contributed by atoms with van der Waals surface area (Å²) >= 11 is 1.39. The molecule has 0 radical (unpaired) electrons. The molecule has 40 heavy (non-hydrogen) atoms. The number of nitrogens with zero attached hydrogens (tertiary/aromatic N) is 2. The van der Waals surface area contributed by atoms with Gasteiger partial charge in [-0.3, -0.25) is 19.7 Å². The van der Waals surface area contributed by atoms with Crippen LogP contribution >= 0.6 is 11.8 Å². The van der Waals surface area contributed by atoms with Crippen molar-refractivity contribution in [2.75, 3.05) is 5.75 Å². The van der Waals surface area contributed by atoms with Gasteiger partial charge in [0.1, 0.15) is 11.9 Å². The molecule has 4 rings (SSSR count). The maximum Gasteiger partial charge on any atom is 0.269 e. The lowest BCUT2D eigenvalue weighted by molar-refractivity contribution is -0.384. The summed E-state index contributed by atoms with van der Waals surface area (Å²) in [6, 6.07) is 21.3. The van der Waals surface area contributed by atoms with Gasteiger partial charge in [-0.05, 0) is 41.7 Å². The van der Waals surface area contributed by atoms with Crippen molar-refractivity contribution in [3.05, 3.63) is 111 Å². The molecule has 1 aliphatic carbocycles. The fourth-order valence-electron chi connectivity index (χ4n) is 4.94. The van der Waals surface area contributed by atoms with E-state index in [9.17, 15) is 24.1 Å². The van der Waals surface area contributed by atoms with E-state index in [-0.39, 0.29) is 41.7 Å². The molecule has 7 nitrogen and oxygen atoms in total. The van der Waals surface area contributed by atoms with Gasteiger partial charge in [0.2, 0.25) is 11.8 Å². The van der Waals surface area contributed by atoms with Crippen LogP contribution in [-0.2, 0) is 28.3 Å².